The number of rotatable bonds is 5. The topological polar surface area (TPSA) is 45.7 Å². The Morgan fingerprint density at radius 2 is 1.31 bits per heavy atom. The van der Waals surface area contributed by atoms with E-state index < -0.39 is 11.7 Å². The third-order valence-electron chi connectivity index (χ3n) is 5.73. The van der Waals surface area contributed by atoms with Crippen molar-refractivity contribution in [3.05, 3.63) is 120 Å². The van der Waals surface area contributed by atoms with E-state index in [0.29, 0.717) is 5.69 Å². The number of ether oxygens (including phenoxy) is 1. The van der Waals surface area contributed by atoms with Crippen LogP contribution in [0.15, 0.2) is 103 Å². The largest absolute Gasteiger partial charge is 0.425 e. The second kappa shape index (κ2) is 7.85. The quantitative estimate of drug-likeness (QED) is 0.406. The summed E-state index contributed by atoms with van der Waals surface area (Å²) in [4.78, 5) is 21.6. The van der Waals surface area contributed by atoms with E-state index in [9.17, 15) is 4.79 Å². The Hall–Kier alpha value is -4.12. The number of cyclic esters (lactones) is 1. The van der Waals surface area contributed by atoms with E-state index in [4.69, 9.17) is 4.74 Å². The first-order valence-electron chi connectivity index (χ1n) is 10.5. The number of fused-ring (bicyclic) bond motifs is 1. The lowest BCUT2D eigenvalue weighted by atomic mass is 9.91. The summed E-state index contributed by atoms with van der Waals surface area (Å²) in [7, 11) is 4.00. The van der Waals surface area contributed by atoms with Gasteiger partial charge in [0.15, 0.2) is 5.69 Å². The second-order valence-electron chi connectivity index (χ2n) is 7.88. The van der Waals surface area contributed by atoms with Gasteiger partial charge in [0.25, 0.3) is 0 Å². The summed E-state index contributed by atoms with van der Waals surface area (Å²) in [6.07, 6.45) is 1.63. The number of hydrogen-bond acceptors (Lipinski definition) is 5. The molecule has 3 aromatic carbocycles. The zero-order valence-electron chi connectivity index (χ0n) is 18.0. The van der Waals surface area contributed by atoms with E-state index in [0.717, 1.165) is 28.2 Å². The molecule has 4 aromatic rings. The fraction of sp³-hybridized carbons (Fsp3) is 0.111. The lowest BCUT2D eigenvalue weighted by molar-refractivity contribution is 0.0131. The molecule has 1 unspecified atom stereocenters. The van der Waals surface area contributed by atoms with Gasteiger partial charge in [0.05, 0.1) is 5.56 Å². The smallest absolute Gasteiger partial charge is 0.360 e. The fourth-order valence-electron chi connectivity index (χ4n) is 4.24. The van der Waals surface area contributed by atoms with E-state index in [2.05, 4.69) is 9.88 Å². The summed E-state index contributed by atoms with van der Waals surface area (Å²) in [5, 5.41) is 0. The van der Waals surface area contributed by atoms with Gasteiger partial charge in [0, 0.05) is 42.9 Å². The molecule has 0 saturated carbocycles. The van der Waals surface area contributed by atoms with E-state index in [1.54, 1.807) is 6.20 Å². The Kier molecular flexibility index (Phi) is 4.86. The van der Waals surface area contributed by atoms with Crippen LogP contribution < -0.4 is 9.80 Å². The molecule has 5 nitrogen and oxygen atoms in total. The molecule has 0 amide bonds. The Labute approximate surface area is 187 Å². The van der Waals surface area contributed by atoms with Crippen LogP contribution in [-0.4, -0.2) is 25.0 Å². The van der Waals surface area contributed by atoms with Gasteiger partial charge >= 0.3 is 5.97 Å². The molecule has 1 aliphatic heterocycles. The van der Waals surface area contributed by atoms with E-state index in [1.807, 2.05) is 116 Å². The van der Waals surface area contributed by atoms with Gasteiger partial charge < -0.3 is 9.64 Å². The molecule has 0 aliphatic carbocycles. The maximum Gasteiger partial charge on any atom is 0.360 e. The Morgan fingerprint density at radius 1 is 0.719 bits per heavy atom. The van der Waals surface area contributed by atoms with Crippen molar-refractivity contribution < 1.29 is 9.53 Å². The zero-order valence-corrected chi connectivity index (χ0v) is 18.0. The van der Waals surface area contributed by atoms with Gasteiger partial charge in [-0.2, -0.15) is 0 Å². The number of pyridine rings is 1. The van der Waals surface area contributed by atoms with E-state index in [-0.39, 0.29) is 0 Å². The summed E-state index contributed by atoms with van der Waals surface area (Å²) in [5.74, 6) is -0.436. The Balaban J connectivity index is 1.83. The molecule has 5 heteroatoms. The summed E-state index contributed by atoms with van der Waals surface area (Å²) in [6, 6.07) is 31.8. The normalized spacial score (nSPS) is 16.9. The third-order valence-corrected chi connectivity index (χ3v) is 5.73. The summed E-state index contributed by atoms with van der Waals surface area (Å²) >= 11 is 0. The van der Waals surface area contributed by atoms with Crippen molar-refractivity contribution in [1.82, 2.24) is 4.98 Å². The average Bonchev–Trinajstić information content (AvgIpc) is 3.14. The lowest BCUT2D eigenvalue weighted by Crippen LogP contribution is -2.45. The lowest BCUT2D eigenvalue weighted by Gasteiger charge is -2.42. The fourth-order valence-corrected chi connectivity index (χ4v) is 4.24. The standard InChI is InChI=1S/C27H23N3O2/c1-29(2)21-17-15-20(16-18-21)27(24-14-9-19-28-25(24)26(31)32-27)30(22-10-5-3-6-11-22)23-12-7-4-8-13-23/h3-19H,1-2H3. The number of benzene rings is 3. The minimum absolute atomic E-state index is 0.334. The zero-order chi connectivity index (χ0) is 22.1. The second-order valence-corrected chi connectivity index (χ2v) is 7.88. The molecular formula is C27H23N3O2. The van der Waals surface area contributed by atoms with Crippen molar-refractivity contribution in [3.8, 4) is 0 Å². The van der Waals surface area contributed by atoms with Crippen LogP contribution in [-0.2, 0) is 10.5 Å². The van der Waals surface area contributed by atoms with Gasteiger partial charge in [-0.1, -0.05) is 48.5 Å². The third kappa shape index (κ3) is 3.10. The molecule has 0 spiro atoms. The molecule has 2 heterocycles. The number of carbonyl (C=O) groups is 1. The molecule has 0 saturated heterocycles. The van der Waals surface area contributed by atoms with E-state index >= 15 is 0 Å². The number of hydrogen-bond donors (Lipinski definition) is 0. The van der Waals surface area contributed by atoms with Crippen LogP contribution in [0.2, 0.25) is 0 Å². The number of para-hydroxylation sites is 2. The first-order chi connectivity index (χ1) is 15.6. The summed E-state index contributed by atoms with van der Waals surface area (Å²) in [5.41, 5.74) is 3.56. The highest BCUT2D eigenvalue weighted by Crippen LogP contribution is 2.49. The Bertz CT molecular complexity index is 1200. The van der Waals surface area contributed by atoms with E-state index in [1.165, 1.54) is 0 Å². The molecule has 0 bridgehead atoms. The highest BCUT2D eigenvalue weighted by atomic mass is 16.6. The molecule has 1 aromatic heterocycles. The molecule has 158 valence electrons. The number of anilines is 3. The van der Waals surface area contributed by atoms with Crippen LogP contribution in [0, 0.1) is 0 Å². The summed E-state index contributed by atoms with van der Waals surface area (Å²) in [6.45, 7) is 0. The van der Waals surface area contributed by atoms with Crippen molar-refractivity contribution in [2.45, 2.75) is 5.72 Å². The van der Waals surface area contributed by atoms with Crippen LogP contribution in [0.5, 0.6) is 0 Å². The van der Waals surface area contributed by atoms with Gasteiger partial charge in [-0.25, -0.2) is 9.78 Å². The minimum Gasteiger partial charge on any atom is -0.425 e. The number of nitrogens with zero attached hydrogens (tertiary/aromatic N) is 3. The SMILES string of the molecule is CN(C)c1ccc(C2(N(c3ccccc3)c3ccccc3)OC(=O)c3ncccc32)cc1. The van der Waals surface area contributed by atoms with Crippen LogP contribution in [0.1, 0.15) is 21.6 Å². The van der Waals surface area contributed by atoms with Gasteiger partial charge in [0.2, 0.25) is 5.72 Å². The minimum atomic E-state index is -1.20. The highest BCUT2D eigenvalue weighted by Gasteiger charge is 2.53. The van der Waals surface area contributed by atoms with Crippen LogP contribution in [0.25, 0.3) is 0 Å². The maximum absolute atomic E-state index is 13.1. The number of esters is 1. The predicted octanol–water partition coefficient (Wildman–Crippen LogP) is 5.36. The molecule has 1 aliphatic rings. The van der Waals surface area contributed by atoms with Crippen molar-refractivity contribution in [2.75, 3.05) is 23.9 Å². The number of aromatic nitrogens is 1. The number of carbonyl (C=O) groups excluding carboxylic acids is 1. The van der Waals surface area contributed by atoms with Gasteiger partial charge in [-0.05, 0) is 48.5 Å². The van der Waals surface area contributed by atoms with Gasteiger partial charge in [-0.3, -0.25) is 4.90 Å². The Morgan fingerprint density at radius 3 is 1.88 bits per heavy atom. The molecule has 0 N–H and O–H groups in total. The van der Waals surface area contributed by atoms with Crippen LogP contribution >= 0.6 is 0 Å². The molecule has 1 atom stereocenters. The van der Waals surface area contributed by atoms with Crippen molar-refractivity contribution in [3.63, 3.8) is 0 Å². The monoisotopic (exact) mass is 421 g/mol. The molecule has 0 fully saturated rings. The van der Waals surface area contributed by atoms with Gasteiger partial charge in [0.1, 0.15) is 0 Å². The molecule has 5 rings (SSSR count). The van der Waals surface area contributed by atoms with Gasteiger partial charge in [-0.15, -0.1) is 0 Å². The van der Waals surface area contributed by atoms with Crippen LogP contribution in [0.4, 0.5) is 17.1 Å². The van der Waals surface area contributed by atoms with Crippen molar-refractivity contribution >= 4 is 23.0 Å². The highest BCUT2D eigenvalue weighted by molar-refractivity contribution is 5.95. The summed E-state index contributed by atoms with van der Waals surface area (Å²) < 4.78 is 6.29. The predicted molar refractivity (Wildman–Crippen MR) is 126 cm³/mol. The molecular weight excluding hydrogens is 398 g/mol. The first kappa shape index (κ1) is 19.8. The maximum atomic E-state index is 13.1. The molecule has 32 heavy (non-hydrogen) atoms. The van der Waals surface area contributed by atoms with Crippen molar-refractivity contribution in [2.24, 2.45) is 0 Å². The van der Waals surface area contributed by atoms with Crippen LogP contribution in [0.3, 0.4) is 0 Å². The van der Waals surface area contributed by atoms with Crippen molar-refractivity contribution in [1.29, 1.82) is 0 Å². The molecule has 0 radical (unpaired) electrons. The first-order valence-corrected chi connectivity index (χ1v) is 10.5. The average molecular weight is 422 g/mol.